The average molecular weight is 301 g/mol. The van der Waals surface area contributed by atoms with E-state index < -0.39 is 6.10 Å². The van der Waals surface area contributed by atoms with Crippen LogP contribution in [0.5, 0.6) is 5.75 Å². The Hall–Kier alpha value is -1.26. The minimum atomic E-state index is -0.522. The van der Waals surface area contributed by atoms with Crippen molar-refractivity contribution in [3.63, 3.8) is 0 Å². The second-order valence-electron chi connectivity index (χ2n) is 5.04. The Kier molecular flexibility index (Phi) is 8.26. The molecule has 3 N–H and O–H groups in total. The van der Waals surface area contributed by atoms with E-state index in [4.69, 9.17) is 10.5 Å². The standard InChI is InChI=1S/C15H24N2O2.ClH/c1-10(2)13-6-5-11(3)9-14(13)19-12(4)15(18)17-8-7-16;/h5-6,9-10,12H,7-8,16H2,1-4H3,(H,17,18);1H. The number of rotatable bonds is 6. The van der Waals surface area contributed by atoms with Crippen LogP contribution in [0.2, 0.25) is 0 Å². The molecule has 0 aliphatic carbocycles. The summed E-state index contributed by atoms with van der Waals surface area (Å²) in [4.78, 5) is 11.8. The van der Waals surface area contributed by atoms with Gasteiger partial charge in [0.1, 0.15) is 5.75 Å². The summed E-state index contributed by atoms with van der Waals surface area (Å²) in [6.45, 7) is 8.87. The van der Waals surface area contributed by atoms with Crippen LogP contribution in [0.15, 0.2) is 18.2 Å². The number of nitrogens with one attached hydrogen (secondary N) is 1. The number of hydrogen-bond donors (Lipinski definition) is 2. The fraction of sp³-hybridized carbons (Fsp3) is 0.533. The lowest BCUT2D eigenvalue weighted by molar-refractivity contribution is -0.127. The molecule has 114 valence electrons. The third-order valence-electron chi connectivity index (χ3n) is 2.91. The Balaban J connectivity index is 0.00000361. The van der Waals surface area contributed by atoms with Crippen LogP contribution < -0.4 is 15.8 Å². The Labute approximate surface area is 127 Å². The van der Waals surface area contributed by atoms with E-state index in [0.29, 0.717) is 19.0 Å². The van der Waals surface area contributed by atoms with Crippen molar-refractivity contribution in [2.75, 3.05) is 13.1 Å². The molecule has 1 aromatic carbocycles. The van der Waals surface area contributed by atoms with Gasteiger partial charge in [0.25, 0.3) is 5.91 Å². The second kappa shape index (κ2) is 8.82. The minimum Gasteiger partial charge on any atom is -0.481 e. The zero-order valence-electron chi connectivity index (χ0n) is 12.6. The number of nitrogens with two attached hydrogens (primary N) is 1. The summed E-state index contributed by atoms with van der Waals surface area (Å²) in [7, 11) is 0. The maximum absolute atomic E-state index is 11.8. The lowest BCUT2D eigenvalue weighted by Crippen LogP contribution is -2.38. The quantitative estimate of drug-likeness (QED) is 0.848. The molecule has 0 radical (unpaired) electrons. The normalized spacial score (nSPS) is 11.7. The van der Waals surface area contributed by atoms with Gasteiger partial charge in [0, 0.05) is 13.1 Å². The molecule has 0 aromatic heterocycles. The highest BCUT2D eigenvalue weighted by Crippen LogP contribution is 2.28. The monoisotopic (exact) mass is 300 g/mol. The number of benzene rings is 1. The topological polar surface area (TPSA) is 64.3 Å². The zero-order chi connectivity index (χ0) is 14.4. The summed E-state index contributed by atoms with van der Waals surface area (Å²) in [6, 6.07) is 6.09. The molecular formula is C15H25ClN2O2. The van der Waals surface area contributed by atoms with Crippen LogP contribution in [0.25, 0.3) is 0 Å². The van der Waals surface area contributed by atoms with Gasteiger partial charge in [0.2, 0.25) is 0 Å². The van der Waals surface area contributed by atoms with Crippen molar-refractivity contribution in [2.24, 2.45) is 5.73 Å². The van der Waals surface area contributed by atoms with Gasteiger partial charge in [-0.3, -0.25) is 4.79 Å². The Morgan fingerprint density at radius 1 is 1.35 bits per heavy atom. The summed E-state index contributed by atoms with van der Waals surface area (Å²) in [5.41, 5.74) is 7.59. The summed E-state index contributed by atoms with van der Waals surface area (Å²) < 4.78 is 5.79. The molecule has 0 spiro atoms. The highest BCUT2D eigenvalue weighted by atomic mass is 35.5. The van der Waals surface area contributed by atoms with Crippen LogP contribution in [-0.2, 0) is 4.79 Å². The van der Waals surface area contributed by atoms with Crippen molar-refractivity contribution in [1.29, 1.82) is 0 Å². The molecule has 4 nitrogen and oxygen atoms in total. The average Bonchev–Trinajstić information content (AvgIpc) is 2.35. The molecule has 0 bridgehead atoms. The summed E-state index contributed by atoms with van der Waals surface area (Å²) in [5, 5.41) is 2.73. The van der Waals surface area contributed by atoms with Crippen molar-refractivity contribution in [2.45, 2.75) is 39.7 Å². The SMILES string of the molecule is Cc1ccc(C(C)C)c(OC(C)C(=O)NCCN)c1.Cl. The number of carbonyl (C=O) groups excluding carboxylic acids is 1. The van der Waals surface area contributed by atoms with Crippen molar-refractivity contribution in [3.8, 4) is 5.75 Å². The predicted molar refractivity (Wildman–Crippen MR) is 84.7 cm³/mol. The van der Waals surface area contributed by atoms with E-state index in [9.17, 15) is 4.79 Å². The molecule has 0 aliphatic heterocycles. The van der Waals surface area contributed by atoms with Crippen LogP contribution in [0, 0.1) is 6.92 Å². The molecule has 1 unspecified atom stereocenters. The lowest BCUT2D eigenvalue weighted by atomic mass is 10.0. The van der Waals surface area contributed by atoms with E-state index in [2.05, 4.69) is 31.3 Å². The first kappa shape index (κ1) is 18.7. The smallest absolute Gasteiger partial charge is 0.260 e. The van der Waals surface area contributed by atoms with Crippen molar-refractivity contribution >= 4 is 18.3 Å². The molecule has 0 heterocycles. The highest BCUT2D eigenvalue weighted by molar-refractivity contribution is 5.85. The lowest BCUT2D eigenvalue weighted by Gasteiger charge is -2.19. The third kappa shape index (κ3) is 5.39. The van der Waals surface area contributed by atoms with Crippen LogP contribution in [0.3, 0.4) is 0 Å². The van der Waals surface area contributed by atoms with Crippen molar-refractivity contribution in [3.05, 3.63) is 29.3 Å². The first-order valence-electron chi connectivity index (χ1n) is 6.70. The van der Waals surface area contributed by atoms with Gasteiger partial charge in [0.15, 0.2) is 6.10 Å². The molecule has 1 amide bonds. The number of amides is 1. The van der Waals surface area contributed by atoms with E-state index in [-0.39, 0.29) is 18.3 Å². The molecule has 0 saturated carbocycles. The van der Waals surface area contributed by atoms with Crippen LogP contribution >= 0.6 is 12.4 Å². The number of aryl methyl sites for hydroxylation is 1. The number of ether oxygens (including phenoxy) is 1. The third-order valence-corrected chi connectivity index (χ3v) is 2.91. The molecule has 1 rings (SSSR count). The van der Waals surface area contributed by atoms with Crippen LogP contribution in [0.1, 0.15) is 37.8 Å². The van der Waals surface area contributed by atoms with Crippen LogP contribution in [0.4, 0.5) is 0 Å². The molecule has 0 fully saturated rings. The largest absolute Gasteiger partial charge is 0.481 e. The van der Waals surface area contributed by atoms with Gasteiger partial charge < -0.3 is 15.8 Å². The van der Waals surface area contributed by atoms with Gasteiger partial charge in [-0.25, -0.2) is 0 Å². The van der Waals surface area contributed by atoms with Gasteiger partial charge in [0.05, 0.1) is 0 Å². The summed E-state index contributed by atoms with van der Waals surface area (Å²) >= 11 is 0. The number of carbonyl (C=O) groups is 1. The van der Waals surface area contributed by atoms with Crippen molar-refractivity contribution < 1.29 is 9.53 Å². The number of hydrogen-bond acceptors (Lipinski definition) is 3. The maximum atomic E-state index is 11.8. The first-order chi connectivity index (χ1) is 8.95. The molecule has 0 saturated heterocycles. The fourth-order valence-corrected chi connectivity index (χ4v) is 1.80. The van der Waals surface area contributed by atoms with E-state index >= 15 is 0 Å². The van der Waals surface area contributed by atoms with Gasteiger partial charge in [-0.05, 0) is 37.0 Å². The Morgan fingerprint density at radius 3 is 2.55 bits per heavy atom. The minimum absolute atomic E-state index is 0. The highest BCUT2D eigenvalue weighted by Gasteiger charge is 2.16. The van der Waals surface area contributed by atoms with Crippen LogP contribution in [-0.4, -0.2) is 25.1 Å². The Bertz CT molecular complexity index is 436. The van der Waals surface area contributed by atoms with E-state index in [1.54, 1.807) is 6.92 Å². The Morgan fingerprint density at radius 2 is 2.00 bits per heavy atom. The van der Waals surface area contributed by atoms with E-state index in [1.165, 1.54) is 0 Å². The molecule has 20 heavy (non-hydrogen) atoms. The van der Waals surface area contributed by atoms with Gasteiger partial charge in [-0.15, -0.1) is 12.4 Å². The van der Waals surface area contributed by atoms with E-state index in [0.717, 1.165) is 16.9 Å². The maximum Gasteiger partial charge on any atom is 0.260 e. The zero-order valence-corrected chi connectivity index (χ0v) is 13.4. The molecule has 1 atom stereocenters. The number of halogens is 1. The molecule has 5 heteroatoms. The second-order valence-corrected chi connectivity index (χ2v) is 5.04. The fourth-order valence-electron chi connectivity index (χ4n) is 1.80. The summed E-state index contributed by atoms with van der Waals surface area (Å²) in [5.74, 6) is 1.00. The van der Waals surface area contributed by atoms with E-state index in [1.807, 2.05) is 13.0 Å². The molecule has 1 aromatic rings. The van der Waals surface area contributed by atoms with Crippen molar-refractivity contribution in [1.82, 2.24) is 5.32 Å². The molecule has 0 aliphatic rings. The predicted octanol–water partition coefficient (Wildman–Crippen LogP) is 2.38. The first-order valence-corrected chi connectivity index (χ1v) is 6.70. The summed E-state index contributed by atoms with van der Waals surface area (Å²) in [6.07, 6.45) is -0.522. The van der Waals surface area contributed by atoms with Gasteiger partial charge >= 0.3 is 0 Å². The van der Waals surface area contributed by atoms with Gasteiger partial charge in [-0.1, -0.05) is 26.0 Å². The van der Waals surface area contributed by atoms with Gasteiger partial charge in [-0.2, -0.15) is 0 Å². The molecular weight excluding hydrogens is 276 g/mol.